The molecule has 0 bridgehead atoms. The molecule has 0 saturated heterocycles. The van der Waals surface area contributed by atoms with E-state index in [4.69, 9.17) is 17.0 Å². The SMILES string of the molecule is CC[C@H](C)NC(=O)CSc1nc2n[nH]c(C)c2c(=N)n1-c1ccccc1Cl. The zero-order chi connectivity index (χ0) is 19.6. The van der Waals surface area contributed by atoms with Gasteiger partial charge in [0.1, 0.15) is 5.49 Å². The van der Waals surface area contributed by atoms with Gasteiger partial charge in [-0.05, 0) is 32.4 Å². The van der Waals surface area contributed by atoms with Crippen molar-refractivity contribution in [2.75, 3.05) is 5.75 Å². The lowest BCUT2D eigenvalue weighted by atomic mass is 10.3. The van der Waals surface area contributed by atoms with Crippen molar-refractivity contribution in [1.82, 2.24) is 25.1 Å². The van der Waals surface area contributed by atoms with Gasteiger partial charge in [-0.3, -0.25) is 19.9 Å². The monoisotopic (exact) mass is 404 g/mol. The summed E-state index contributed by atoms with van der Waals surface area (Å²) in [5.74, 6) is 0.113. The predicted octanol–water partition coefficient (Wildman–Crippen LogP) is 3.20. The molecule has 0 unspecified atom stereocenters. The summed E-state index contributed by atoms with van der Waals surface area (Å²) in [6.45, 7) is 5.83. The van der Waals surface area contributed by atoms with Gasteiger partial charge in [0.05, 0.1) is 21.8 Å². The summed E-state index contributed by atoms with van der Waals surface area (Å²) in [5.41, 5.74) is 2.08. The van der Waals surface area contributed by atoms with Crippen molar-refractivity contribution in [3.63, 3.8) is 0 Å². The standard InChI is InChI=1S/C18H21ClN6OS/c1-4-10(2)21-14(26)9-27-18-22-17-15(11(3)23-24-17)16(20)25(18)13-8-6-5-7-12(13)19/h5-8,10,20H,4,9H2,1-3H3,(H,21,26)(H,23,24)/t10-/m0/s1. The highest BCUT2D eigenvalue weighted by molar-refractivity contribution is 7.99. The number of fused-ring (bicyclic) bond motifs is 1. The lowest BCUT2D eigenvalue weighted by Gasteiger charge is -2.15. The number of amides is 1. The quantitative estimate of drug-likeness (QED) is 0.434. The molecule has 2 aromatic heterocycles. The maximum atomic E-state index is 12.2. The van der Waals surface area contributed by atoms with Crippen LogP contribution in [0.1, 0.15) is 26.0 Å². The Labute approximate surface area is 166 Å². The van der Waals surface area contributed by atoms with Crippen molar-refractivity contribution in [2.45, 2.75) is 38.4 Å². The zero-order valence-electron chi connectivity index (χ0n) is 15.3. The second-order valence-electron chi connectivity index (χ2n) is 6.24. The van der Waals surface area contributed by atoms with E-state index in [1.165, 1.54) is 11.8 Å². The van der Waals surface area contributed by atoms with Crippen LogP contribution in [0.15, 0.2) is 29.4 Å². The van der Waals surface area contributed by atoms with Gasteiger partial charge < -0.3 is 5.32 Å². The summed E-state index contributed by atoms with van der Waals surface area (Å²) in [4.78, 5) is 16.8. The third-order valence-corrected chi connectivity index (χ3v) is 5.49. The molecule has 0 fully saturated rings. The summed E-state index contributed by atoms with van der Waals surface area (Å²) in [6, 6.07) is 7.39. The van der Waals surface area contributed by atoms with Crippen LogP contribution in [-0.4, -0.2) is 37.5 Å². The minimum Gasteiger partial charge on any atom is -0.353 e. The summed E-state index contributed by atoms with van der Waals surface area (Å²) in [5, 5.41) is 20.3. The molecule has 9 heteroatoms. The van der Waals surface area contributed by atoms with Crippen LogP contribution >= 0.6 is 23.4 Å². The van der Waals surface area contributed by atoms with Crippen molar-refractivity contribution in [1.29, 1.82) is 5.41 Å². The number of aromatic nitrogens is 4. The zero-order valence-corrected chi connectivity index (χ0v) is 16.9. The molecule has 3 aromatic rings. The van der Waals surface area contributed by atoms with Crippen LogP contribution in [-0.2, 0) is 4.79 Å². The Balaban J connectivity index is 2.06. The molecular weight excluding hydrogens is 384 g/mol. The molecule has 1 amide bonds. The summed E-state index contributed by atoms with van der Waals surface area (Å²) in [6.07, 6.45) is 0.865. The normalized spacial score (nSPS) is 12.3. The fraction of sp³-hybridized carbons (Fsp3) is 0.333. The second kappa shape index (κ2) is 8.14. The Morgan fingerprint density at radius 1 is 1.44 bits per heavy atom. The highest BCUT2D eigenvalue weighted by Gasteiger charge is 2.17. The molecule has 0 saturated carbocycles. The first kappa shape index (κ1) is 19.4. The third-order valence-electron chi connectivity index (χ3n) is 4.23. The van der Waals surface area contributed by atoms with Gasteiger partial charge in [-0.25, -0.2) is 4.98 Å². The first-order chi connectivity index (χ1) is 12.9. The van der Waals surface area contributed by atoms with Crippen LogP contribution in [0.4, 0.5) is 0 Å². The van der Waals surface area contributed by atoms with Gasteiger partial charge in [0.2, 0.25) is 5.91 Å². The number of carbonyl (C=O) groups is 1. The molecular formula is C18H21ClN6OS. The number of hydrogen-bond acceptors (Lipinski definition) is 5. The predicted molar refractivity (Wildman–Crippen MR) is 107 cm³/mol. The Morgan fingerprint density at radius 3 is 2.89 bits per heavy atom. The second-order valence-corrected chi connectivity index (χ2v) is 7.59. The fourth-order valence-electron chi connectivity index (χ4n) is 2.63. The van der Waals surface area contributed by atoms with Gasteiger partial charge in [-0.1, -0.05) is 42.4 Å². The number of H-pyrrole nitrogens is 1. The maximum Gasteiger partial charge on any atom is 0.230 e. The van der Waals surface area contributed by atoms with Crippen molar-refractivity contribution < 1.29 is 4.79 Å². The van der Waals surface area contributed by atoms with E-state index in [-0.39, 0.29) is 23.2 Å². The summed E-state index contributed by atoms with van der Waals surface area (Å²) in [7, 11) is 0. The van der Waals surface area contributed by atoms with Gasteiger partial charge in [0.25, 0.3) is 0 Å². The average Bonchev–Trinajstić information content (AvgIpc) is 3.02. The number of benzene rings is 1. The Bertz CT molecular complexity index is 1040. The molecule has 3 rings (SSSR count). The number of halogens is 1. The van der Waals surface area contributed by atoms with Crippen molar-refractivity contribution in [3.05, 3.63) is 40.5 Å². The maximum absolute atomic E-state index is 12.2. The number of nitrogens with zero attached hydrogens (tertiary/aromatic N) is 3. The summed E-state index contributed by atoms with van der Waals surface area (Å²) < 4.78 is 1.66. The van der Waals surface area contributed by atoms with E-state index in [2.05, 4.69) is 20.5 Å². The van der Waals surface area contributed by atoms with Crippen molar-refractivity contribution >= 4 is 40.3 Å². The molecule has 0 spiro atoms. The first-order valence-electron chi connectivity index (χ1n) is 8.61. The van der Waals surface area contributed by atoms with Crippen LogP contribution < -0.4 is 10.8 Å². The molecule has 3 N–H and O–H groups in total. The number of aryl methyl sites for hydroxylation is 1. The van der Waals surface area contributed by atoms with E-state index in [0.29, 0.717) is 26.9 Å². The largest absolute Gasteiger partial charge is 0.353 e. The number of rotatable bonds is 6. The van der Waals surface area contributed by atoms with Gasteiger partial charge >= 0.3 is 0 Å². The lowest BCUT2D eigenvalue weighted by molar-refractivity contribution is -0.119. The highest BCUT2D eigenvalue weighted by Crippen LogP contribution is 2.25. The smallest absolute Gasteiger partial charge is 0.230 e. The molecule has 0 aliphatic carbocycles. The number of para-hydroxylation sites is 1. The Kier molecular flexibility index (Phi) is 5.86. The molecule has 142 valence electrons. The fourth-order valence-corrected chi connectivity index (χ4v) is 3.66. The molecule has 0 aliphatic rings. The van der Waals surface area contributed by atoms with E-state index in [9.17, 15) is 4.79 Å². The van der Waals surface area contributed by atoms with Gasteiger partial charge in [-0.2, -0.15) is 5.10 Å². The van der Waals surface area contributed by atoms with Crippen LogP contribution in [0.5, 0.6) is 0 Å². The molecule has 27 heavy (non-hydrogen) atoms. The average molecular weight is 405 g/mol. The van der Waals surface area contributed by atoms with Gasteiger partial charge in [-0.15, -0.1) is 0 Å². The van der Waals surface area contributed by atoms with Crippen LogP contribution in [0.25, 0.3) is 16.7 Å². The number of thioether (sulfide) groups is 1. The molecule has 1 atom stereocenters. The van der Waals surface area contributed by atoms with Crippen LogP contribution in [0.2, 0.25) is 5.02 Å². The lowest BCUT2D eigenvalue weighted by Crippen LogP contribution is -2.33. The minimum atomic E-state index is -0.0771. The number of aromatic amines is 1. The van der Waals surface area contributed by atoms with Gasteiger partial charge in [0.15, 0.2) is 10.8 Å². The van der Waals surface area contributed by atoms with Crippen molar-refractivity contribution in [2.24, 2.45) is 0 Å². The molecule has 2 heterocycles. The number of hydrogen-bond donors (Lipinski definition) is 3. The van der Waals surface area contributed by atoms with Crippen molar-refractivity contribution in [3.8, 4) is 5.69 Å². The molecule has 0 radical (unpaired) electrons. The molecule has 7 nitrogen and oxygen atoms in total. The minimum absolute atomic E-state index is 0.0771. The number of carbonyl (C=O) groups excluding carboxylic acids is 1. The van der Waals surface area contributed by atoms with Crippen LogP contribution in [0.3, 0.4) is 0 Å². The number of nitrogens with one attached hydrogen (secondary N) is 3. The molecule has 1 aromatic carbocycles. The van der Waals surface area contributed by atoms with E-state index < -0.39 is 0 Å². The first-order valence-corrected chi connectivity index (χ1v) is 9.98. The van der Waals surface area contributed by atoms with E-state index in [1.807, 2.05) is 39.0 Å². The van der Waals surface area contributed by atoms with E-state index in [1.54, 1.807) is 10.6 Å². The summed E-state index contributed by atoms with van der Waals surface area (Å²) >= 11 is 7.63. The molecule has 0 aliphatic heterocycles. The Morgan fingerprint density at radius 2 is 2.19 bits per heavy atom. The van der Waals surface area contributed by atoms with E-state index in [0.717, 1.165) is 12.1 Å². The third kappa shape index (κ3) is 4.01. The Hall–Kier alpha value is -2.32. The van der Waals surface area contributed by atoms with Crippen LogP contribution in [0, 0.1) is 12.3 Å². The van der Waals surface area contributed by atoms with E-state index >= 15 is 0 Å². The topological polar surface area (TPSA) is 99.5 Å². The highest BCUT2D eigenvalue weighted by atomic mass is 35.5. The van der Waals surface area contributed by atoms with Gasteiger partial charge in [0, 0.05) is 11.7 Å².